The molecule has 0 radical (unpaired) electrons. The fourth-order valence-electron chi connectivity index (χ4n) is 5.57. The first-order chi connectivity index (χ1) is 17.4. The maximum atomic E-state index is 13.2. The molecular weight excluding hydrogens is 485 g/mol. The zero-order valence-corrected chi connectivity index (χ0v) is 21.3. The molecular formula is C26H29F3N6O2. The van der Waals surface area contributed by atoms with Crippen molar-refractivity contribution in [2.24, 2.45) is 5.92 Å². The van der Waals surface area contributed by atoms with Crippen LogP contribution in [0.5, 0.6) is 0 Å². The van der Waals surface area contributed by atoms with Crippen LogP contribution >= 0.6 is 0 Å². The highest BCUT2D eigenvalue weighted by Gasteiger charge is 2.50. The standard InChI is InChI=1S/C26H29F3N6O2/c1-14(2)22-25(4,5)37-24(36)35(22)20-10-11-30-23(33-20)32-15(3)21-19-8-6-16-12-17(26(27,28)29)7-9-18(16)34(19)13-31-21/h7,9-15,22H,6,8H2,1-5H3,(H,30,32,33)/t15-,22-/m0/s1. The van der Waals surface area contributed by atoms with E-state index in [1.807, 2.05) is 39.2 Å². The number of nitrogens with one attached hydrogen (secondary N) is 1. The van der Waals surface area contributed by atoms with E-state index in [4.69, 9.17) is 4.74 Å². The molecule has 1 fully saturated rings. The number of carbonyl (C=O) groups excluding carboxylic acids is 1. The van der Waals surface area contributed by atoms with Gasteiger partial charge in [-0.25, -0.2) is 14.8 Å². The van der Waals surface area contributed by atoms with Gasteiger partial charge in [-0.3, -0.25) is 4.90 Å². The number of halogens is 3. The lowest BCUT2D eigenvalue weighted by Crippen LogP contribution is -2.45. The summed E-state index contributed by atoms with van der Waals surface area (Å²) in [7, 11) is 0. The number of anilines is 2. The Morgan fingerprint density at radius 2 is 1.89 bits per heavy atom. The molecule has 11 heteroatoms. The second-order valence-corrected chi connectivity index (χ2v) is 10.4. The summed E-state index contributed by atoms with van der Waals surface area (Å²) in [5.74, 6) is 0.914. The van der Waals surface area contributed by atoms with Gasteiger partial charge in [0.05, 0.1) is 29.7 Å². The smallest absolute Gasteiger partial charge is 0.416 e. The first-order valence-electron chi connectivity index (χ1n) is 12.2. The van der Waals surface area contributed by atoms with Gasteiger partial charge in [-0.2, -0.15) is 18.2 Å². The normalized spacial score (nSPS) is 19.4. The predicted molar refractivity (Wildman–Crippen MR) is 132 cm³/mol. The van der Waals surface area contributed by atoms with E-state index in [9.17, 15) is 18.0 Å². The van der Waals surface area contributed by atoms with Gasteiger partial charge in [0, 0.05) is 17.6 Å². The number of fused-ring (bicyclic) bond motifs is 3. The lowest BCUT2D eigenvalue weighted by molar-refractivity contribution is -0.137. The molecule has 196 valence electrons. The number of hydrogen-bond donors (Lipinski definition) is 1. The van der Waals surface area contributed by atoms with Crippen molar-refractivity contribution >= 4 is 17.9 Å². The zero-order chi connectivity index (χ0) is 26.7. The molecule has 0 unspecified atom stereocenters. The summed E-state index contributed by atoms with van der Waals surface area (Å²) in [6.07, 6.45) is -0.552. The van der Waals surface area contributed by atoms with Gasteiger partial charge in [0.15, 0.2) is 0 Å². The highest BCUT2D eigenvalue weighted by Crippen LogP contribution is 2.38. The Kier molecular flexibility index (Phi) is 5.91. The first-order valence-corrected chi connectivity index (χ1v) is 12.2. The third kappa shape index (κ3) is 4.40. The maximum absolute atomic E-state index is 13.2. The van der Waals surface area contributed by atoms with Crippen LogP contribution in [0, 0.1) is 5.92 Å². The Morgan fingerprint density at radius 3 is 2.59 bits per heavy atom. The fraction of sp³-hybridized carbons (Fsp3) is 0.462. The number of benzene rings is 1. The first kappa shape index (κ1) is 25.0. The molecule has 1 aromatic carbocycles. The van der Waals surface area contributed by atoms with E-state index < -0.39 is 23.4 Å². The van der Waals surface area contributed by atoms with Crippen LogP contribution in [0.15, 0.2) is 36.8 Å². The second-order valence-electron chi connectivity index (χ2n) is 10.4. The Morgan fingerprint density at radius 1 is 1.14 bits per heavy atom. The molecule has 0 spiro atoms. The van der Waals surface area contributed by atoms with Gasteiger partial charge in [0.1, 0.15) is 11.4 Å². The van der Waals surface area contributed by atoms with Crippen molar-refractivity contribution in [3.05, 3.63) is 59.3 Å². The molecule has 3 aromatic rings. The molecule has 1 saturated heterocycles. The van der Waals surface area contributed by atoms with Gasteiger partial charge < -0.3 is 14.6 Å². The van der Waals surface area contributed by atoms with Crippen LogP contribution in [0.1, 0.15) is 63.2 Å². The van der Waals surface area contributed by atoms with E-state index in [-0.39, 0.29) is 18.0 Å². The van der Waals surface area contributed by atoms with Crippen molar-refractivity contribution in [3.63, 3.8) is 0 Å². The average Bonchev–Trinajstić information content (AvgIpc) is 3.35. The van der Waals surface area contributed by atoms with Gasteiger partial charge in [-0.15, -0.1) is 0 Å². The number of aryl methyl sites for hydroxylation is 1. The van der Waals surface area contributed by atoms with E-state index >= 15 is 0 Å². The summed E-state index contributed by atoms with van der Waals surface area (Å²) < 4.78 is 46.9. The minimum Gasteiger partial charge on any atom is -0.441 e. The average molecular weight is 515 g/mol. The molecule has 2 atom stereocenters. The summed E-state index contributed by atoms with van der Waals surface area (Å²) in [5.41, 5.74) is 1.72. The Hall–Kier alpha value is -3.63. The topological polar surface area (TPSA) is 85.2 Å². The SMILES string of the molecule is CC(C)[C@@H]1N(c2ccnc(N[C@@H](C)c3ncn4c3CCc3cc(C(F)(F)F)ccc3-4)n2)C(=O)OC1(C)C. The molecule has 37 heavy (non-hydrogen) atoms. The van der Waals surface area contributed by atoms with Gasteiger partial charge in [0.25, 0.3) is 0 Å². The molecule has 0 bridgehead atoms. The molecule has 4 heterocycles. The van der Waals surface area contributed by atoms with Crippen molar-refractivity contribution in [3.8, 4) is 5.69 Å². The van der Waals surface area contributed by atoms with E-state index in [1.165, 1.54) is 12.1 Å². The quantitative estimate of drug-likeness (QED) is 0.469. The lowest BCUT2D eigenvalue weighted by atomic mass is 9.89. The van der Waals surface area contributed by atoms with E-state index in [2.05, 4.69) is 20.3 Å². The lowest BCUT2D eigenvalue weighted by Gasteiger charge is -2.31. The van der Waals surface area contributed by atoms with Crippen molar-refractivity contribution < 1.29 is 22.7 Å². The number of hydrogen-bond acceptors (Lipinski definition) is 6. The largest absolute Gasteiger partial charge is 0.441 e. The molecule has 0 aliphatic carbocycles. The van der Waals surface area contributed by atoms with Crippen LogP contribution in [0.25, 0.3) is 5.69 Å². The Labute approximate surface area is 212 Å². The van der Waals surface area contributed by atoms with Gasteiger partial charge in [-0.1, -0.05) is 13.8 Å². The van der Waals surface area contributed by atoms with Crippen molar-refractivity contribution in [1.82, 2.24) is 19.5 Å². The summed E-state index contributed by atoms with van der Waals surface area (Å²) in [6, 6.07) is 5.01. The molecule has 1 amide bonds. The number of cyclic esters (lactones) is 1. The van der Waals surface area contributed by atoms with E-state index in [1.54, 1.807) is 23.5 Å². The van der Waals surface area contributed by atoms with Crippen molar-refractivity contribution in [2.75, 3.05) is 10.2 Å². The van der Waals surface area contributed by atoms with E-state index in [0.29, 0.717) is 35.9 Å². The monoisotopic (exact) mass is 514 g/mol. The maximum Gasteiger partial charge on any atom is 0.416 e. The predicted octanol–water partition coefficient (Wildman–Crippen LogP) is 5.71. The molecule has 2 aliphatic rings. The summed E-state index contributed by atoms with van der Waals surface area (Å²) in [5, 5.41) is 3.27. The van der Waals surface area contributed by atoms with Gasteiger partial charge in [0.2, 0.25) is 5.95 Å². The minimum atomic E-state index is -4.38. The second kappa shape index (κ2) is 8.74. The molecule has 2 aromatic heterocycles. The van der Waals surface area contributed by atoms with Crippen LogP contribution < -0.4 is 10.2 Å². The number of alkyl halides is 3. The Balaban J connectivity index is 1.39. The van der Waals surface area contributed by atoms with Crippen LogP contribution in [0.4, 0.5) is 29.7 Å². The number of imidazole rings is 1. The Bertz CT molecular complexity index is 1350. The van der Waals surface area contributed by atoms with Crippen LogP contribution in [-0.2, 0) is 23.8 Å². The highest BCUT2D eigenvalue weighted by atomic mass is 19.4. The summed E-state index contributed by atoms with van der Waals surface area (Å²) in [6.45, 7) is 9.77. The third-order valence-electron chi connectivity index (χ3n) is 7.01. The minimum absolute atomic E-state index is 0.138. The zero-order valence-electron chi connectivity index (χ0n) is 21.3. The van der Waals surface area contributed by atoms with Crippen LogP contribution in [0.2, 0.25) is 0 Å². The fourth-order valence-corrected chi connectivity index (χ4v) is 5.57. The number of rotatable bonds is 5. The number of nitrogens with zero attached hydrogens (tertiary/aromatic N) is 5. The third-order valence-corrected chi connectivity index (χ3v) is 7.01. The summed E-state index contributed by atoms with van der Waals surface area (Å²) >= 11 is 0. The van der Waals surface area contributed by atoms with Crippen LogP contribution in [0.3, 0.4) is 0 Å². The summed E-state index contributed by atoms with van der Waals surface area (Å²) in [4.78, 5) is 27.8. The number of ether oxygens (including phenoxy) is 1. The number of aromatic nitrogens is 4. The number of carbonyl (C=O) groups is 1. The van der Waals surface area contributed by atoms with Crippen molar-refractivity contribution in [1.29, 1.82) is 0 Å². The molecule has 5 rings (SSSR count). The van der Waals surface area contributed by atoms with Crippen LogP contribution in [-0.4, -0.2) is 37.3 Å². The van der Waals surface area contributed by atoms with Crippen molar-refractivity contribution in [2.45, 2.75) is 71.3 Å². The van der Waals surface area contributed by atoms with E-state index in [0.717, 1.165) is 17.5 Å². The van der Waals surface area contributed by atoms with Gasteiger partial charge in [-0.05, 0) is 69.4 Å². The highest BCUT2D eigenvalue weighted by molar-refractivity contribution is 5.90. The van der Waals surface area contributed by atoms with Gasteiger partial charge >= 0.3 is 12.3 Å². The molecule has 0 saturated carbocycles. The molecule has 8 nitrogen and oxygen atoms in total. The molecule has 2 aliphatic heterocycles. The molecule has 1 N–H and O–H groups in total. The number of amides is 1.